The second-order valence-corrected chi connectivity index (χ2v) is 7.07. The normalized spacial score (nSPS) is 19.9. The van der Waals surface area contributed by atoms with E-state index in [1.165, 1.54) is 4.90 Å². The van der Waals surface area contributed by atoms with E-state index in [9.17, 15) is 9.90 Å². The molecule has 8 nitrogen and oxygen atoms in total. The van der Waals surface area contributed by atoms with Gasteiger partial charge in [0.05, 0.1) is 11.9 Å². The highest BCUT2D eigenvalue weighted by atomic mass is 16.4. The van der Waals surface area contributed by atoms with Crippen molar-refractivity contribution >= 4 is 17.7 Å². The first-order valence-corrected chi connectivity index (χ1v) is 9.47. The highest BCUT2D eigenvalue weighted by molar-refractivity contribution is 5.68. The van der Waals surface area contributed by atoms with Gasteiger partial charge in [-0.2, -0.15) is 0 Å². The van der Waals surface area contributed by atoms with E-state index in [-0.39, 0.29) is 6.04 Å². The predicted octanol–water partition coefficient (Wildman–Crippen LogP) is 2.69. The summed E-state index contributed by atoms with van der Waals surface area (Å²) in [7, 11) is 0. The van der Waals surface area contributed by atoms with Gasteiger partial charge in [-0.3, -0.25) is 4.98 Å². The van der Waals surface area contributed by atoms with Crippen LogP contribution in [0.3, 0.4) is 0 Å². The van der Waals surface area contributed by atoms with Crippen LogP contribution >= 0.6 is 0 Å². The van der Waals surface area contributed by atoms with Crippen LogP contribution in [0.4, 0.5) is 16.4 Å². The Hall–Kier alpha value is -2.90. The SMILES string of the molecule is O=C(O)N1CCCC(Nc2nc(-c3ccncc3)cnc2N2CCCC2)C1. The molecular formula is C19H24N6O2. The molecule has 2 aromatic rings. The van der Waals surface area contributed by atoms with Crippen molar-refractivity contribution in [2.75, 3.05) is 36.4 Å². The van der Waals surface area contributed by atoms with Crippen molar-refractivity contribution < 1.29 is 9.90 Å². The maximum Gasteiger partial charge on any atom is 0.407 e. The number of rotatable bonds is 4. The molecule has 0 spiro atoms. The maximum atomic E-state index is 11.3. The summed E-state index contributed by atoms with van der Waals surface area (Å²) < 4.78 is 0. The van der Waals surface area contributed by atoms with Crippen LogP contribution in [0, 0.1) is 0 Å². The van der Waals surface area contributed by atoms with Crippen LogP contribution in [0.5, 0.6) is 0 Å². The van der Waals surface area contributed by atoms with Crippen LogP contribution in [-0.4, -0.2) is 63.3 Å². The van der Waals surface area contributed by atoms with Gasteiger partial charge in [-0.25, -0.2) is 14.8 Å². The summed E-state index contributed by atoms with van der Waals surface area (Å²) in [5.41, 5.74) is 1.75. The Bertz CT molecular complexity index is 794. The Balaban J connectivity index is 1.62. The number of aromatic nitrogens is 3. The molecule has 2 N–H and O–H groups in total. The number of nitrogens with one attached hydrogen (secondary N) is 1. The van der Waals surface area contributed by atoms with Crippen LogP contribution in [0.15, 0.2) is 30.7 Å². The number of likely N-dealkylation sites (tertiary alicyclic amines) is 1. The number of carboxylic acid groups (broad SMARTS) is 1. The molecule has 2 aliphatic rings. The topological polar surface area (TPSA) is 94.5 Å². The molecule has 0 radical (unpaired) electrons. The zero-order valence-corrected chi connectivity index (χ0v) is 15.2. The molecular weight excluding hydrogens is 344 g/mol. The van der Waals surface area contributed by atoms with E-state index < -0.39 is 6.09 Å². The van der Waals surface area contributed by atoms with Gasteiger partial charge in [-0.05, 0) is 37.8 Å². The number of pyridine rings is 1. The average Bonchev–Trinajstić information content (AvgIpc) is 3.23. The molecule has 27 heavy (non-hydrogen) atoms. The summed E-state index contributed by atoms with van der Waals surface area (Å²) in [6.07, 6.45) is 8.50. The summed E-state index contributed by atoms with van der Waals surface area (Å²) in [5, 5.41) is 12.8. The van der Waals surface area contributed by atoms with Gasteiger partial charge in [0.2, 0.25) is 0 Å². The monoisotopic (exact) mass is 368 g/mol. The summed E-state index contributed by atoms with van der Waals surface area (Å²) >= 11 is 0. The Morgan fingerprint density at radius 1 is 1.15 bits per heavy atom. The molecule has 8 heteroatoms. The highest BCUT2D eigenvalue weighted by Gasteiger charge is 2.26. The number of hydrogen-bond donors (Lipinski definition) is 2. The molecule has 2 aliphatic heterocycles. The Labute approximate surface area is 158 Å². The lowest BCUT2D eigenvalue weighted by Crippen LogP contribution is -2.44. The second kappa shape index (κ2) is 7.77. The summed E-state index contributed by atoms with van der Waals surface area (Å²) in [6, 6.07) is 3.87. The molecule has 2 saturated heterocycles. The molecule has 0 saturated carbocycles. The van der Waals surface area contributed by atoms with E-state index in [0.29, 0.717) is 13.1 Å². The van der Waals surface area contributed by atoms with Crippen molar-refractivity contribution in [1.82, 2.24) is 19.9 Å². The fraction of sp³-hybridized carbons (Fsp3) is 0.474. The van der Waals surface area contributed by atoms with Crippen molar-refractivity contribution in [2.45, 2.75) is 31.7 Å². The first-order valence-electron chi connectivity index (χ1n) is 9.47. The highest BCUT2D eigenvalue weighted by Crippen LogP contribution is 2.29. The minimum atomic E-state index is -0.863. The van der Waals surface area contributed by atoms with Crippen LogP contribution in [-0.2, 0) is 0 Å². The van der Waals surface area contributed by atoms with Gasteiger partial charge < -0.3 is 20.2 Å². The smallest absolute Gasteiger partial charge is 0.407 e. The van der Waals surface area contributed by atoms with Gasteiger partial charge in [0.15, 0.2) is 11.6 Å². The summed E-state index contributed by atoms with van der Waals surface area (Å²) in [5.74, 6) is 1.60. The molecule has 0 aromatic carbocycles. The molecule has 2 aromatic heterocycles. The van der Waals surface area contributed by atoms with Gasteiger partial charge in [-0.1, -0.05) is 0 Å². The maximum absolute atomic E-state index is 11.3. The fourth-order valence-corrected chi connectivity index (χ4v) is 3.76. The molecule has 1 unspecified atom stereocenters. The third-order valence-electron chi connectivity index (χ3n) is 5.17. The molecule has 4 rings (SSSR count). The summed E-state index contributed by atoms with van der Waals surface area (Å²) in [4.78, 5) is 28.7. The van der Waals surface area contributed by atoms with Gasteiger partial charge in [-0.15, -0.1) is 0 Å². The number of hydrogen-bond acceptors (Lipinski definition) is 6. The van der Waals surface area contributed by atoms with Crippen LogP contribution in [0.1, 0.15) is 25.7 Å². The standard InChI is InChI=1S/C19H24N6O2/c26-19(27)25-11-3-4-15(13-25)22-17-18(24-9-1-2-10-24)21-12-16(23-17)14-5-7-20-8-6-14/h5-8,12,15H,1-4,9-11,13H2,(H,22,23)(H,26,27). The minimum Gasteiger partial charge on any atom is -0.465 e. The number of nitrogens with zero attached hydrogens (tertiary/aromatic N) is 5. The lowest BCUT2D eigenvalue weighted by Gasteiger charge is -2.32. The first-order chi connectivity index (χ1) is 13.2. The van der Waals surface area contributed by atoms with Crippen molar-refractivity contribution in [3.63, 3.8) is 0 Å². The van der Waals surface area contributed by atoms with E-state index in [2.05, 4.69) is 15.2 Å². The third-order valence-corrected chi connectivity index (χ3v) is 5.17. The Morgan fingerprint density at radius 2 is 1.93 bits per heavy atom. The van der Waals surface area contributed by atoms with Gasteiger partial charge >= 0.3 is 6.09 Å². The number of carbonyl (C=O) groups is 1. The molecule has 4 heterocycles. The van der Waals surface area contributed by atoms with E-state index in [1.807, 2.05) is 12.1 Å². The van der Waals surface area contributed by atoms with E-state index >= 15 is 0 Å². The van der Waals surface area contributed by atoms with Crippen molar-refractivity contribution in [1.29, 1.82) is 0 Å². The van der Waals surface area contributed by atoms with Crippen LogP contribution < -0.4 is 10.2 Å². The van der Waals surface area contributed by atoms with Gasteiger partial charge in [0.1, 0.15) is 0 Å². The van der Waals surface area contributed by atoms with E-state index in [1.54, 1.807) is 18.6 Å². The number of piperidine rings is 1. The minimum absolute atomic E-state index is 0.0400. The van der Waals surface area contributed by atoms with Crippen LogP contribution in [0.25, 0.3) is 11.3 Å². The first kappa shape index (κ1) is 17.5. The Kier molecular flexibility index (Phi) is 5.04. The molecule has 1 atom stereocenters. The molecule has 142 valence electrons. The molecule has 2 fully saturated rings. The summed E-state index contributed by atoms with van der Waals surface area (Å²) in [6.45, 7) is 3.01. The predicted molar refractivity (Wildman–Crippen MR) is 103 cm³/mol. The third kappa shape index (κ3) is 3.94. The van der Waals surface area contributed by atoms with Crippen molar-refractivity contribution in [2.24, 2.45) is 0 Å². The molecule has 0 bridgehead atoms. The van der Waals surface area contributed by atoms with Crippen molar-refractivity contribution in [3.05, 3.63) is 30.7 Å². The van der Waals surface area contributed by atoms with Crippen LogP contribution in [0.2, 0.25) is 0 Å². The largest absolute Gasteiger partial charge is 0.465 e. The quantitative estimate of drug-likeness (QED) is 0.857. The van der Waals surface area contributed by atoms with E-state index in [4.69, 9.17) is 9.97 Å². The van der Waals surface area contributed by atoms with Gasteiger partial charge in [0.25, 0.3) is 0 Å². The number of amides is 1. The molecule has 1 amide bonds. The average molecular weight is 368 g/mol. The van der Waals surface area contributed by atoms with Gasteiger partial charge in [0, 0.05) is 50.2 Å². The van der Waals surface area contributed by atoms with E-state index in [0.717, 1.165) is 61.7 Å². The molecule has 0 aliphatic carbocycles. The Morgan fingerprint density at radius 3 is 2.67 bits per heavy atom. The zero-order valence-electron chi connectivity index (χ0n) is 15.2. The lowest BCUT2D eigenvalue weighted by atomic mass is 10.1. The lowest BCUT2D eigenvalue weighted by molar-refractivity contribution is 0.133. The zero-order chi connectivity index (χ0) is 18.6. The second-order valence-electron chi connectivity index (χ2n) is 7.07. The fourth-order valence-electron chi connectivity index (χ4n) is 3.76. The number of anilines is 2. The van der Waals surface area contributed by atoms with Crippen molar-refractivity contribution in [3.8, 4) is 11.3 Å².